The van der Waals surface area contributed by atoms with Gasteiger partial charge in [-0.05, 0) is 44.8 Å². The highest BCUT2D eigenvalue weighted by Gasteiger charge is 2.11. The van der Waals surface area contributed by atoms with Crippen LogP contribution in [-0.4, -0.2) is 19.2 Å². The van der Waals surface area contributed by atoms with Gasteiger partial charge in [0.25, 0.3) is 0 Å². The van der Waals surface area contributed by atoms with E-state index in [0.717, 1.165) is 26.1 Å². The van der Waals surface area contributed by atoms with Gasteiger partial charge in [0.1, 0.15) is 0 Å². The number of ether oxygens (including phenoxy) is 1. The van der Waals surface area contributed by atoms with Gasteiger partial charge in [-0.1, -0.05) is 29.8 Å². The molecule has 1 saturated heterocycles. The summed E-state index contributed by atoms with van der Waals surface area (Å²) in [5, 5.41) is 3.40. The van der Waals surface area contributed by atoms with Crippen molar-refractivity contribution < 1.29 is 4.74 Å². The molecule has 0 bridgehead atoms. The summed E-state index contributed by atoms with van der Waals surface area (Å²) in [7, 11) is 0. The fourth-order valence-electron chi connectivity index (χ4n) is 2.17. The summed E-state index contributed by atoms with van der Waals surface area (Å²) in [5.41, 5.74) is 2.60. The summed E-state index contributed by atoms with van der Waals surface area (Å²) in [6, 6.07) is 8.57. The minimum atomic E-state index is 0.440. The van der Waals surface area contributed by atoms with E-state index in [1.807, 2.05) is 0 Å². The molecule has 2 heteroatoms. The summed E-state index contributed by atoms with van der Waals surface area (Å²) < 4.78 is 5.96. The molecule has 0 spiro atoms. The number of nitrogens with one attached hydrogen (secondary N) is 1. The molecule has 1 heterocycles. The zero-order chi connectivity index (χ0) is 11.2. The Bertz CT molecular complexity index is 316. The predicted octanol–water partition coefficient (Wildman–Crippen LogP) is 2.65. The van der Waals surface area contributed by atoms with E-state index in [0.29, 0.717) is 6.10 Å². The molecule has 1 N–H and O–H groups in total. The lowest BCUT2D eigenvalue weighted by molar-refractivity contribution is 0.0330. The van der Waals surface area contributed by atoms with Gasteiger partial charge in [-0.15, -0.1) is 0 Å². The second-order valence-corrected chi connectivity index (χ2v) is 4.60. The minimum absolute atomic E-state index is 0.440. The summed E-state index contributed by atoms with van der Waals surface area (Å²) in [6.07, 6.45) is 4.01. The first-order valence-corrected chi connectivity index (χ1v) is 6.22. The molecular formula is C14H21NO. The molecule has 0 aromatic heterocycles. The first kappa shape index (κ1) is 11.6. The van der Waals surface area contributed by atoms with Gasteiger partial charge >= 0.3 is 0 Å². The summed E-state index contributed by atoms with van der Waals surface area (Å²) in [5.74, 6) is 0. The van der Waals surface area contributed by atoms with Gasteiger partial charge in [0, 0.05) is 0 Å². The molecule has 1 unspecified atom stereocenters. The van der Waals surface area contributed by atoms with Crippen LogP contribution in [0.5, 0.6) is 0 Å². The van der Waals surface area contributed by atoms with Crippen LogP contribution in [0, 0.1) is 6.92 Å². The van der Waals surface area contributed by atoms with Crippen LogP contribution in [-0.2, 0) is 11.3 Å². The van der Waals surface area contributed by atoms with Gasteiger partial charge in [0.05, 0.1) is 12.7 Å². The highest BCUT2D eigenvalue weighted by Crippen LogP contribution is 2.13. The predicted molar refractivity (Wildman–Crippen MR) is 66.5 cm³/mol. The van der Waals surface area contributed by atoms with Crippen LogP contribution in [0.3, 0.4) is 0 Å². The van der Waals surface area contributed by atoms with Crippen molar-refractivity contribution in [2.24, 2.45) is 0 Å². The van der Waals surface area contributed by atoms with E-state index in [-0.39, 0.29) is 0 Å². The first-order valence-electron chi connectivity index (χ1n) is 6.22. The summed E-state index contributed by atoms with van der Waals surface area (Å²) >= 11 is 0. The summed E-state index contributed by atoms with van der Waals surface area (Å²) in [4.78, 5) is 0. The molecule has 1 fully saturated rings. The van der Waals surface area contributed by atoms with Crippen LogP contribution < -0.4 is 5.32 Å². The van der Waals surface area contributed by atoms with E-state index < -0.39 is 0 Å². The lowest BCUT2D eigenvalue weighted by Gasteiger charge is -2.15. The molecule has 0 radical (unpaired) electrons. The van der Waals surface area contributed by atoms with E-state index >= 15 is 0 Å². The second kappa shape index (κ2) is 6.02. The highest BCUT2D eigenvalue weighted by molar-refractivity contribution is 5.21. The lowest BCUT2D eigenvalue weighted by atomic mass is 10.1. The average Bonchev–Trinajstić information content (AvgIpc) is 2.55. The van der Waals surface area contributed by atoms with E-state index in [1.54, 1.807) is 0 Å². The fraction of sp³-hybridized carbons (Fsp3) is 0.571. The average molecular weight is 219 g/mol. The van der Waals surface area contributed by atoms with Crippen molar-refractivity contribution in [2.75, 3.05) is 13.1 Å². The molecule has 1 aromatic rings. The number of aryl methyl sites for hydroxylation is 1. The zero-order valence-corrected chi connectivity index (χ0v) is 10.0. The third-order valence-corrected chi connectivity index (χ3v) is 3.09. The van der Waals surface area contributed by atoms with Crippen LogP contribution in [0.2, 0.25) is 0 Å². The lowest BCUT2D eigenvalue weighted by Crippen LogP contribution is -2.17. The largest absolute Gasteiger partial charge is 0.373 e. The SMILES string of the molecule is Cc1cccc(COC2CCCNCC2)c1. The number of hydrogen-bond acceptors (Lipinski definition) is 2. The Kier molecular flexibility index (Phi) is 4.37. The van der Waals surface area contributed by atoms with Crippen molar-refractivity contribution in [3.05, 3.63) is 35.4 Å². The molecule has 2 rings (SSSR count). The van der Waals surface area contributed by atoms with E-state index in [2.05, 4.69) is 36.5 Å². The molecule has 1 aliphatic rings. The second-order valence-electron chi connectivity index (χ2n) is 4.60. The molecule has 0 saturated carbocycles. The molecular weight excluding hydrogens is 198 g/mol. The number of rotatable bonds is 3. The Balaban J connectivity index is 1.81. The summed E-state index contributed by atoms with van der Waals surface area (Å²) in [6.45, 7) is 5.12. The minimum Gasteiger partial charge on any atom is -0.373 e. The standard InChI is InChI=1S/C14H21NO/c1-12-4-2-5-13(10-12)11-16-14-6-3-8-15-9-7-14/h2,4-5,10,14-15H,3,6-9,11H2,1H3. The number of hydrogen-bond donors (Lipinski definition) is 1. The van der Waals surface area contributed by atoms with E-state index in [1.165, 1.54) is 24.0 Å². The van der Waals surface area contributed by atoms with E-state index in [9.17, 15) is 0 Å². The Morgan fingerprint density at radius 1 is 1.31 bits per heavy atom. The third kappa shape index (κ3) is 3.62. The third-order valence-electron chi connectivity index (χ3n) is 3.09. The van der Waals surface area contributed by atoms with Gasteiger partial charge < -0.3 is 10.1 Å². The number of benzene rings is 1. The van der Waals surface area contributed by atoms with Crippen molar-refractivity contribution in [2.45, 2.75) is 38.9 Å². The molecule has 0 amide bonds. The van der Waals surface area contributed by atoms with Gasteiger partial charge in [-0.25, -0.2) is 0 Å². The molecule has 1 aromatic carbocycles. The van der Waals surface area contributed by atoms with Crippen molar-refractivity contribution in [3.63, 3.8) is 0 Å². The van der Waals surface area contributed by atoms with Crippen LogP contribution in [0.15, 0.2) is 24.3 Å². The Morgan fingerprint density at radius 3 is 3.12 bits per heavy atom. The van der Waals surface area contributed by atoms with E-state index in [4.69, 9.17) is 4.74 Å². The Hall–Kier alpha value is -0.860. The smallest absolute Gasteiger partial charge is 0.0720 e. The molecule has 1 aliphatic heterocycles. The van der Waals surface area contributed by atoms with Crippen molar-refractivity contribution >= 4 is 0 Å². The topological polar surface area (TPSA) is 21.3 Å². The Labute approximate surface area is 98.0 Å². The normalized spacial score (nSPS) is 21.7. The highest BCUT2D eigenvalue weighted by atomic mass is 16.5. The molecule has 88 valence electrons. The van der Waals surface area contributed by atoms with Crippen LogP contribution in [0.25, 0.3) is 0 Å². The van der Waals surface area contributed by atoms with Crippen molar-refractivity contribution in [1.29, 1.82) is 0 Å². The molecule has 2 nitrogen and oxygen atoms in total. The van der Waals surface area contributed by atoms with Crippen molar-refractivity contribution in [1.82, 2.24) is 5.32 Å². The zero-order valence-electron chi connectivity index (χ0n) is 10.0. The molecule has 1 atom stereocenters. The van der Waals surface area contributed by atoms with Crippen LogP contribution >= 0.6 is 0 Å². The maximum absolute atomic E-state index is 5.96. The molecule has 16 heavy (non-hydrogen) atoms. The van der Waals surface area contributed by atoms with Gasteiger partial charge in [-0.3, -0.25) is 0 Å². The maximum Gasteiger partial charge on any atom is 0.0720 e. The van der Waals surface area contributed by atoms with Crippen LogP contribution in [0.1, 0.15) is 30.4 Å². The Morgan fingerprint density at radius 2 is 2.25 bits per heavy atom. The quantitative estimate of drug-likeness (QED) is 0.844. The van der Waals surface area contributed by atoms with Crippen molar-refractivity contribution in [3.8, 4) is 0 Å². The van der Waals surface area contributed by atoms with Gasteiger partial charge in [-0.2, -0.15) is 0 Å². The fourth-order valence-corrected chi connectivity index (χ4v) is 2.17. The monoisotopic (exact) mass is 219 g/mol. The first-order chi connectivity index (χ1) is 7.84. The van der Waals surface area contributed by atoms with Gasteiger partial charge in [0.2, 0.25) is 0 Å². The van der Waals surface area contributed by atoms with Crippen LogP contribution in [0.4, 0.5) is 0 Å². The maximum atomic E-state index is 5.96. The molecule has 0 aliphatic carbocycles. The van der Waals surface area contributed by atoms with Gasteiger partial charge in [0.15, 0.2) is 0 Å².